The molecular formula is C7H22N8O2. The molecule has 0 heterocycles. The topological polar surface area (TPSA) is 236 Å². The SMILES string of the molecule is N.N=C(N)N.N=C(N)NCCCC(N)C(=O)O. The zero-order valence-electron chi connectivity index (χ0n) is 9.57. The van der Waals surface area contributed by atoms with Crippen molar-refractivity contribution in [3.8, 4) is 0 Å². The summed E-state index contributed by atoms with van der Waals surface area (Å²) in [7, 11) is 0. The van der Waals surface area contributed by atoms with Gasteiger partial charge in [-0.2, -0.15) is 0 Å². The van der Waals surface area contributed by atoms with Crippen LogP contribution in [0.3, 0.4) is 0 Å². The van der Waals surface area contributed by atoms with Gasteiger partial charge in [-0.25, -0.2) is 0 Å². The summed E-state index contributed by atoms with van der Waals surface area (Å²) in [6.45, 7) is 0.482. The molecule has 0 radical (unpaired) electrons. The second-order valence-corrected chi connectivity index (χ2v) is 2.88. The third-order valence-corrected chi connectivity index (χ3v) is 1.32. The number of nitrogens with two attached hydrogens (primary N) is 4. The van der Waals surface area contributed by atoms with E-state index in [0.717, 1.165) is 0 Å². The first-order valence-electron chi connectivity index (χ1n) is 4.43. The van der Waals surface area contributed by atoms with Gasteiger partial charge >= 0.3 is 5.97 Å². The van der Waals surface area contributed by atoms with E-state index < -0.39 is 12.0 Å². The molecule has 0 rings (SSSR count). The molecule has 0 bridgehead atoms. The molecule has 10 nitrogen and oxygen atoms in total. The van der Waals surface area contributed by atoms with Crippen molar-refractivity contribution in [3.05, 3.63) is 0 Å². The second kappa shape index (κ2) is 12.0. The zero-order valence-corrected chi connectivity index (χ0v) is 9.57. The summed E-state index contributed by atoms with van der Waals surface area (Å²) in [5, 5.41) is 23.8. The van der Waals surface area contributed by atoms with Crippen LogP contribution >= 0.6 is 0 Å². The van der Waals surface area contributed by atoms with Crippen LogP contribution in [0.1, 0.15) is 12.8 Å². The van der Waals surface area contributed by atoms with Crippen LogP contribution < -0.4 is 34.4 Å². The Bertz CT molecular complexity index is 240. The van der Waals surface area contributed by atoms with Crippen LogP contribution in [-0.2, 0) is 4.79 Å². The Morgan fingerprint density at radius 1 is 1.29 bits per heavy atom. The molecule has 102 valence electrons. The van der Waals surface area contributed by atoms with Gasteiger partial charge < -0.3 is 39.5 Å². The molecule has 0 fully saturated rings. The van der Waals surface area contributed by atoms with E-state index in [2.05, 4.69) is 16.8 Å². The van der Waals surface area contributed by atoms with Crippen LogP contribution in [0.5, 0.6) is 0 Å². The molecule has 0 saturated heterocycles. The number of carboxylic acids is 1. The van der Waals surface area contributed by atoms with Crippen LogP contribution in [0, 0.1) is 10.8 Å². The fourth-order valence-corrected chi connectivity index (χ4v) is 0.669. The Balaban J connectivity index is -0.000000340. The largest absolute Gasteiger partial charge is 0.480 e. The van der Waals surface area contributed by atoms with Crippen molar-refractivity contribution in [2.45, 2.75) is 18.9 Å². The van der Waals surface area contributed by atoms with Crippen molar-refractivity contribution < 1.29 is 9.90 Å². The number of nitrogens with one attached hydrogen (secondary N) is 3. The summed E-state index contributed by atoms with van der Waals surface area (Å²) in [6.07, 6.45) is 0.975. The molecule has 0 amide bonds. The molecule has 17 heavy (non-hydrogen) atoms. The van der Waals surface area contributed by atoms with Gasteiger partial charge in [0.15, 0.2) is 11.9 Å². The Labute approximate surface area is 99.3 Å². The van der Waals surface area contributed by atoms with E-state index in [1.54, 1.807) is 0 Å². The minimum Gasteiger partial charge on any atom is -0.480 e. The molecule has 15 N–H and O–H groups in total. The normalized spacial score (nSPS) is 9.94. The molecule has 0 aromatic rings. The predicted octanol–water partition coefficient (Wildman–Crippen LogP) is -2.34. The van der Waals surface area contributed by atoms with Crippen molar-refractivity contribution in [1.29, 1.82) is 10.8 Å². The fourth-order valence-electron chi connectivity index (χ4n) is 0.669. The van der Waals surface area contributed by atoms with Crippen molar-refractivity contribution in [2.75, 3.05) is 6.54 Å². The highest BCUT2D eigenvalue weighted by Gasteiger charge is 2.09. The summed E-state index contributed by atoms with van der Waals surface area (Å²) in [4.78, 5) is 10.2. The number of aliphatic carboxylic acids is 1. The lowest BCUT2D eigenvalue weighted by molar-refractivity contribution is -0.138. The Hall–Kier alpha value is -2.07. The third-order valence-electron chi connectivity index (χ3n) is 1.32. The summed E-state index contributed by atoms with van der Waals surface area (Å²) in [6, 6.07) is -0.821. The van der Waals surface area contributed by atoms with E-state index in [1.165, 1.54) is 0 Å². The standard InChI is InChI=1S/C6H14N4O2.CH5N3.H3N/c7-4(5(11)12)2-1-3-10-6(8)9;2-1(3)4;/h4H,1-3,7H2,(H,11,12)(H4,8,9,10);(H5,2,3,4);1H3. The van der Waals surface area contributed by atoms with Gasteiger partial charge in [0.2, 0.25) is 0 Å². The minimum absolute atomic E-state index is 0. The summed E-state index contributed by atoms with van der Waals surface area (Å²) < 4.78 is 0. The molecule has 0 aliphatic carbocycles. The predicted molar refractivity (Wildman–Crippen MR) is 65.9 cm³/mol. The maximum absolute atomic E-state index is 10.2. The second-order valence-electron chi connectivity index (χ2n) is 2.88. The first-order valence-corrected chi connectivity index (χ1v) is 4.43. The lowest BCUT2D eigenvalue weighted by Gasteiger charge is -2.06. The van der Waals surface area contributed by atoms with E-state index >= 15 is 0 Å². The van der Waals surface area contributed by atoms with Gasteiger partial charge in [-0.3, -0.25) is 15.6 Å². The van der Waals surface area contributed by atoms with E-state index in [-0.39, 0.29) is 18.1 Å². The number of rotatable bonds is 5. The van der Waals surface area contributed by atoms with Crippen molar-refractivity contribution >= 4 is 17.9 Å². The molecule has 0 spiro atoms. The Kier molecular flexibility index (Phi) is 14.4. The molecule has 0 aromatic carbocycles. The first-order chi connectivity index (χ1) is 7.27. The van der Waals surface area contributed by atoms with Crippen LogP contribution in [0.4, 0.5) is 0 Å². The van der Waals surface area contributed by atoms with Crippen LogP contribution in [0.15, 0.2) is 0 Å². The van der Waals surface area contributed by atoms with Gasteiger partial charge in [-0.15, -0.1) is 0 Å². The summed E-state index contributed by atoms with van der Waals surface area (Å²) in [5.41, 5.74) is 19.2. The molecule has 0 saturated carbocycles. The van der Waals surface area contributed by atoms with Gasteiger partial charge in [0.25, 0.3) is 0 Å². The van der Waals surface area contributed by atoms with Crippen LogP contribution in [0.2, 0.25) is 0 Å². The smallest absolute Gasteiger partial charge is 0.320 e. The maximum Gasteiger partial charge on any atom is 0.320 e. The van der Waals surface area contributed by atoms with E-state index in [0.29, 0.717) is 19.4 Å². The number of hydrogen-bond donors (Lipinski definition) is 9. The van der Waals surface area contributed by atoms with Crippen LogP contribution in [-0.4, -0.2) is 35.6 Å². The average Bonchev–Trinajstić information content (AvgIpc) is 2.10. The number of carbonyl (C=O) groups is 1. The highest BCUT2D eigenvalue weighted by atomic mass is 16.4. The minimum atomic E-state index is -1.00. The fraction of sp³-hybridized carbons (Fsp3) is 0.571. The monoisotopic (exact) mass is 250 g/mol. The number of carboxylic acid groups (broad SMARTS) is 1. The number of guanidine groups is 2. The Morgan fingerprint density at radius 2 is 1.71 bits per heavy atom. The first kappa shape index (κ1) is 20.4. The van der Waals surface area contributed by atoms with Crippen molar-refractivity contribution in [2.24, 2.45) is 22.9 Å². The summed E-state index contributed by atoms with van der Waals surface area (Å²) >= 11 is 0. The molecule has 1 unspecified atom stereocenters. The molecular weight excluding hydrogens is 228 g/mol. The Morgan fingerprint density at radius 3 is 2.00 bits per heavy atom. The zero-order chi connectivity index (χ0) is 13.1. The van der Waals surface area contributed by atoms with Gasteiger partial charge in [0.1, 0.15) is 6.04 Å². The van der Waals surface area contributed by atoms with Gasteiger partial charge in [-0.05, 0) is 12.8 Å². The third kappa shape index (κ3) is 24.9. The van der Waals surface area contributed by atoms with E-state index in [1.807, 2.05) is 0 Å². The lowest BCUT2D eigenvalue weighted by Crippen LogP contribution is -2.34. The molecule has 1 atom stereocenters. The van der Waals surface area contributed by atoms with Crippen molar-refractivity contribution in [1.82, 2.24) is 11.5 Å². The number of hydrogen-bond acceptors (Lipinski definition) is 5. The van der Waals surface area contributed by atoms with Gasteiger partial charge in [0.05, 0.1) is 0 Å². The quantitative estimate of drug-likeness (QED) is 0.145. The maximum atomic E-state index is 10.2. The van der Waals surface area contributed by atoms with Gasteiger partial charge in [0, 0.05) is 6.54 Å². The molecule has 0 aliphatic heterocycles. The van der Waals surface area contributed by atoms with E-state index in [9.17, 15) is 4.79 Å². The average molecular weight is 250 g/mol. The molecule has 10 heteroatoms. The molecule has 0 aliphatic rings. The van der Waals surface area contributed by atoms with Crippen LogP contribution in [0.25, 0.3) is 0 Å². The van der Waals surface area contributed by atoms with Gasteiger partial charge in [-0.1, -0.05) is 0 Å². The highest BCUT2D eigenvalue weighted by molar-refractivity contribution is 5.74. The highest BCUT2D eigenvalue weighted by Crippen LogP contribution is 1.92. The molecule has 0 aromatic heterocycles. The van der Waals surface area contributed by atoms with E-state index in [4.69, 9.17) is 27.4 Å². The lowest BCUT2D eigenvalue weighted by atomic mass is 10.2. The van der Waals surface area contributed by atoms with Crippen molar-refractivity contribution in [3.63, 3.8) is 0 Å². The summed E-state index contributed by atoms with van der Waals surface area (Å²) in [5.74, 6) is -1.45.